The summed E-state index contributed by atoms with van der Waals surface area (Å²) in [7, 11) is 3.34. The number of amides is 2. The third-order valence-corrected chi connectivity index (χ3v) is 12.4. The van der Waals surface area contributed by atoms with Crippen LogP contribution < -0.4 is 15.6 Å². The van der Waals surface area contributed by atoms with Gasteiger partial charge in [0, 0.05) is 51.4 Å². The molecule has 2 aliphatic rings. The van der Waals surface area contributed by atoms with Gasteiger partial charge in [-0.15, -0.1) is 0 Å². The number of aromatic hydroxyl groups is 1. The molecule has 338 valence electrons. The molecule has 0 fully saturated rings. The molecule has 5 aromatic carbocycles. The van der Waals surface area contributed by atoms with Gasteiger partial charge < -0.3 is 39.0 Å². The third-order valence-electron chi connectivity index (χ3n) is 12.4. The Balaban J connectivity index is 0.000000186. The lowest BCUT2D eigenvalue weighted by Crippen LogP contribution is -2.50. The standard InChI is InChI=1S/C30H26N2O5.C23H20N2O5/c1-31-24(25(21-13-7-3-8-14-21)22-15-9-4-10-16-22)18-32-17-23(30(35)36)27(33)28(26(32)29(31)34)37-19-20-11-5-2-6-12-20;1-24-17(18(14-8-4-2-5-9-14)15-10-6-3-7-11-15)13-25-12-16(23(29)30)20(26)21(27)19(25)22(24)28/h2-17,24-25H,18-19H2,1H3,(H,35,36);2-12,17-18,27H,13H2,1H3,(H,29,30)/t24-;17-/m00/s1. The first-order valence-electron chi connectivity index (χ1n) is 21.5. The van der Waals surface area contributed by atoms with E-state index in [1.165, 1.54) is 15.7 Å². The van der Waals surface area contributed by atoms with E-state index in [2.05, 4.69) is 0 Å². The van der Waals surface area contributed by atoms with E-state index in [4.69, 9.17) is 4.74 Å². The molecule has 7 aromatic rings. The zero-order valence-electron chi connectivity index (χ0n) is 36.5. The zero-order chi connectivity index (χ0) is 47.4. The Morgan fingerprint density at radius 3 is 1.27 bits per heavy atom. The van der Waals surface area contributed by atoms with Gasteiger partial charge in [-0.05, 0) is 27.8 Å². The number of likely N-dealkylation sites (N-methyl/N-ethyl adjacent to an activating group) is 2. The van der Waals surface area contributed by atoms with E-state index in [0.29, 0.717) is 0 Å². The van der Waals surface area contributed by atoms with Gasteiger partial charge in [0.1, 0.15) is 17.7 Å². The highest BCUT2D eigenvalue weighted by Crippen LogP contribution is 2.37. The maximum absolute atomic E-state index is 13.8. The SMILES string of the molecule is CN1C(=O)c2c(O)c(=O)c(C(=O)O)cn2C[C@H]1C(c1ccccc1)c1ccccc1.CN1C(=O)c2c(OCc3ccccc3)c(=O)c(C(=O)O)cn2C[C@H]1C(c1ccccc1)c1ccccc1. The zero-order valence-corrected chi connectivity index (χ0v) is 36.5. The van der Waals surface area contributed by atoms with Crippen LogP contribution in [0.3, 0.4) is 0 Å². The quantitative estimate of drug-likeness (QED) is 0.123. The van der Waals surface area contributed by atoms with Crippen LogP contribution in [0.1, 0.15) is 81.3 Å². The Labute approximate surface area is 384 Å². The summed E-state index contributed by atoms with van der Waals surface area (Å²) in [6.45, 7) is 0.539. The van der Waals surface area contributed by atoms with Crippen LogP contribution in [-0.4, -0.2) is 84.2 Å². The monoisotopic (exact) mass is 898 g/mol. The number of ether oxygens (including phenoxy) is 1. The van der Waals surface area contributed by atoms with Crippen molar-refractivity contribution >= 4 is 23.8 Å². The van der Waals surface area contributed by atoms with Crippen LogP contribution in [-0.2, 0) is 19.7 Å². The molecule has 2 amide bonds. The molecule has 0 spiro atoms. The Morgan fingerprint density at radius 2 is 0.881 bits per heavy atom. The molecule has 67 heavy (non-hydrogen) atoms. The van der Waals surface area contributed by atoms with Crippen molar-refractivity contribution < 1.29 is 39.2 Å². The number of benzene rings is 5. The van der Waals surface area contributed by atoms with Gasteiger partial charge in [0.05, 0.1) is 12.1 Å². The minimum atomic E-state index is -1.45. The second-order valence-corrected chi connectivity index (χ2v) is 16.4. The molecule has 2 aromatic heterocycles. The average Bonchev–Trinajstić information content (AvgIpc) is 3.34. The minimum absolute atomic E-state index is 0.0310. The lowest BCUT2D eigenvalue weighted by atomic mass is 9.83. The van der Waals surface area contributed by atoms with Crippen LogP contribution in [0.15, 0.2) is 174 Å². The lowest BCUT2D eigenvalue weighted by Gasteiger charge is -2.40. The molecule has 0 aliphatic carbocycles. The largest absolute Gasteiger partial charge is 0.503 e. The Bertz CT molecular complexity index is 2990. The summed E-state index contributed by atoms with van der Waals surface area (Å²) in [6, 6.07) is 47.8. The van der Waals surface area contributed by atoms with E-state index in [9.17, 15) is 44.1 Å². The molecule has 9 rings (SSSR count). The first kappa shape index (κ1) is 45.1. The van der Waals surface area contributed by atoms with Gasteiger partial charge in [0.15, 0.2) is 22.9 Å². The number of hydrogen-bond donors (Lipinski definition) is 3. The summed E-state index contributed by atoms with van der Waals surface area (Å²) in [5, 5.41) is 29.4. The van der Waals surface area contributed by atoms with Gasteiger partial charge in [0.25, 0.3) is 11.8 Å². The topological polar surface area (TPSA) is 189 Å². The molecule has 0 bridgehead atoms. The Hall–Kier alpha value is -8.52. The molecule has 2 atom stereocenters. The summed E-state index contributed by atoms with van der Waals surface area (Å²) in [5.74, 6) is -5.18. The summed E-state index contributed by atoms with van der Waals surface area (Å²) in [6.07, 6.45) is 2.41. The number of carbonyl (C=O) groups is 4. The van der Waals surface area contributed by atoms with Crippen molar-refractivity contribution in [3.8, 4) is 11.5 Å². The second kappa shape index (κ2) is 19.3. The van der Waals surface area contributed by atoms with Gasteiger partial charge >= 0.3 is 11.9 Å². The van der Waals surface area contributed by atoms with Crippen LogP contribution >= 0.6 is 0 Å². The highest BCUT2D eigenvalue weighted by atomic mass is 16.5. The molecule has 0 unspecified atom stereocenters. The predicted octanol–water partition coefficient (Wildman–Crippen LogP) is 6.95. The number of nitrogens with zero attached hydrogens (tertiary/aromatic N) is 4. The lowest BCUT2D eigenvalue weighted by molar-refractivity contribution is 0.0614. The predicted molar refractivity (Wildman–Crippen MR) is 249 cm³/mol. The van der Waals surface area contributed by atoms with E-state index in [1.807, 2.05) is 152 Å². The smallest absolute Gasteiger partial charge is 0.341 e. The first-order valence-corrected chi connectivity index (χ1v) is 21.5. The fourth-order valence-corrected chi connectivity index (χ4v) is 9.05. The van der Waals surface area contributed by atoms with Gasteiger partial charge in [-0.2, -0.15) is 0 Å². The molecular formula is C53H46N4O10. The van der Waals surface area contributed by atoms with Crippen molar-refractivity contribution in [1.29, 1.82) is 0 Å². The average molecular weight is 899 g/mol. The molecule has 3 N–H and O–H groups in total. The van der Waals surface area contributed by atoms with Gasteiger partial charge in [0.2, 0.25) is 10.9 Å². The van der Waals surface area contributed by atoms with E-state index in [-0.39, 0.29) is 60.8 Å². The number of pyridine rings is 2. The molecule has 4 heterocycles. The van der Waals surface area contributed by atoms with Crippen LogP contribution in [0.25, 0.3) is 0 Å². The van der Waals surface area contributed by atoms with Crippen molar-refractivity contribution in [2.45, 2.75) is 43.6 Å². The van der Waals surface area contributed by atoms with E-state index in [1.54, 1.807) is 23.6 Å². The molecule has 0 radical (unpaired) electrons. The van der Waals surface area contributed by atoms with E-state index < -0.39 is 51.5 Å². The second-order valence-electron chi connectivity index (χ2n) is 16.4. The molecular weight excluding hydrogens is 853 g/mol. The number of carboxylic acids is 2. The summed E-state index contributed by atoms with van der Waals surface area (Å²) < 4.78 is 8.80. The third kappa shape index (κ3) is 8.97. The summed E-state index contributed by atoms with van der Waals surface area (Å²) in [4.78, 5) is 78.8. The Kier molecular flexibility index (Phi) is 13.0. The van der Waals surface area contributed by atoms with Gasteiger partial charge in [-0.3, -0.25) is 19.2 Å². The van der Waals surface area contributed by atoms with Gasteiger partial charge in [-0.25, -0.2) is 9.59 Å². The van der Waals surface area contributed by atoms with E-state index >= 15 is 0 Å². The number of hydrogen-bond acceptors (Lipinski definition) is 8. The van der Waals surface area contributed by atoms with Crippen LogP contribution in [0.5, 0.6) is 11.5 Å². The molecule has 0 saturated heterocycles. The maximum Gasteiger partial charge on any atom is 0.341 e. The fraction of sp³-hybridized carbons (Fsp3) is 0.170. The minimum Gasteiger partial charge on any atom is -0.503 e. The van der Waals surface area contributed by atoms with Crippen molar-refractivity contribution in [2.24, 2.45) is 0 Å². The van der Waals surface area contributed by atoms with E-state index in [0.717, 1.165) is 34.0 Å². The number of carboxylic acid groups (broad SMARTS) is 2. The number of aromatic nitrogens is 2. The molecule has 0 saturated carbocycles. The van der Waals surface area contributed by atoms with Crippen LogP contribution in [0.4, 0.5) is 0 Å². The number of aromatic carboxylic acids is 2. The number of carbonyl (C=O) groups excluding carboxylic acids is 2. The van der Waals surface area contributed by atoms with Crippen LogP contribution in [0.2, 0.25) is 0 Å². The van der Waals surface area contributed by atoms with Crippen molar-refractivity contribution in [1.82, 2.24) is 18.9 Å². The number of fused-ring (bicyclic) bond motifs is 2. The van der Waals surface area contributed by atoms with Crippen LogP contribution in [0, 0.1) is 0 Å². The highest BCUT2D eigenvalue weighted by molar-refractivity contribution is 5.98. The first-order chi connectivity index (χ1) is 32.3. The van der Waals surface area contributed by atoms with Crippen molar-refractivity contribution in [3.63, 3.8) is 0 Å². The van der Waals surface area contributed by atoms with Crippen molar-refractivity contribution in [2.75, 3.05) is 14.1 Å². The normalized spacial score (nSPS) is 15.3. The number of rotatable bonds is 11. The molecule has 14 nitrogen and oxygen atoms in total. The maximum atomic E-state index is 13.8. The Morgan fingerprint density at radius 1 is 0.537 bits per heavy atom. The van der Waals surface area contributed by atoms with Crippen molar-refractivity contribution in [3.05, 3.63) is 235 Å². The molecule has 2 aliphatic heterocycles. The fourth-order valence-electron chi connectivity index (χ4n) is 9.05. The molecule has 14 heteroatoms. The highest BCUT2D eigenvalue weighted by Gasteiger charge is 2.41. The van der Waals surface area contributed by atoms with Gasteiger partial charge in [-0.1, -0.05) is 152 Å². The summed E-state index contributed by atoms with van der Waals surface area (Å²) in [5.41, 5.74) is 1.86. The summed E-state index contributed by atoms with van der Waals surface area (Å²) >= 11 is 0.